The maximum Gasteiger partial charge on any atom is 0.214 e. The molecule has 0 aliphatic carbocycles. The highest BCUT2D eigenvalue weighted by atomic mass is 32.2. The molecular weight excluding hydrogens is 304 g/mol. The van der Waals surface area contributed by atoms with Crippen molar-refractivity contribution in [2.75, 3.05) is 18.9 Å². The average Bonchev–Trinajstić information content (AvgIpc) is 2.98. The molecule has 122 valence electrons. The molecule has 1 aromatic rings. The molecule has 7 heteroatoms. The molecule has 6 nitrogen and oxygen atoms in total. The van der Waals surface area contributed by atoms with Gasteiger partial charge in [-0.2, -0.15) is 4.31 Å². The summed E-state index contributed by atoms with van der Waals surface area (Å²) < 4.78 is 37.6. The molecule has 3 heterocycles. The zero-order chi connectivity index (χ0) is 15.6. The van der Waals surface area contributed by atoms with Crippen LogP contribution in [0.2, 0.25) is 0 Å². The molecule has 0 N–H and O–H groups in total. The van der Waals surface area contributed by atoms with Gasteiger partial charge in [0.15, 0.2) is 0 Å². The van der Waals surface area contributed by atoms with Crippen molar-refractivity contribution in [2.45, 2.75) is 44.4 Å². The Bertz CT molecular complexity index is 593. The average molecular weight is 326 g/mol. The first-order valence-corrected chi connectivity index (χ1v) is 9.39. The number of aromatic nitrogens is 1. The summed E-state index contributed by atoms with van der Waals surface area (Å²) in [6.45, 7) is 2.74. The van der Waals surface area contributed by atoms with E-state index in [1.165, 1.54) is 0 Å². The van der Waals surface area contributed by atoms with Crippen LogP contribution < -0.4 is 4.74 Å². The highest BCUT2D eigenvalue weighted by Crippen LogP contribution is 2.33. The van der Waals surface area contributed by atoms with Gasteiger partial charge in [0.05, 0.1) is 30.2 Å². The Labute approximate surface area is 131 Å². The van der Waals surface area contributed by atoms with Crippen LogP contribution in [0.5, 0.6) is 5.75 Å². The molecule has 2 fully saturated rings. The van der Waals surface area contributed by atoms with E-state index in [-0.39, 0.29) is 24.0 Å². The number of fused-ring (bicyclic) bond motifs is 1. The summed E-state index contributed by atoms with van der Waals surface area (Å²) in [5.74, 6) is 0.888. The quantitative estimate of drug-likeness (QED) is 0.819. The zero-order valence-corrected chi connectivity index (χ0v) is 13.5. The SMILES string of the molecule is CCS(=O)(=O)N1CC[C@@H]2O[C@@H](COc3cccnc3)CC[C@@H]21. The molecule has 0 radical (unpaired) electrons. The van der Waals surface area contributed by atoms with E-state index in [2.05, 4.69) is 4.98 Å². The normalized spacial score (nSPS) is 29.2. The molecule has 22 heavy (non-hydrogen) atoms. The van der Waals surface area contributed by atoms with E-state index >= 15 is 0 Å². The van der Waals surface area contributed by atoms with Crippen molar-refractivity contribution in [3.8, 4) is 5.75 Å². The summed E-state index contributed by atoms with van der Waals surface area (Å²) in [5.41, 5.74) is 0. The molecule has 0 bridgehead atoms. The summed E-state index contributed by atoms with van der Waals surface area (Å²) >= 11 is 0. The monoisotopic (exact) mass is 326 g/mol. The molecule has 0 aromatic carbocycles. The van der Waals surface area contributed by atoms with Gasteiger partial charge >= 0.3 is 0 Å². The van der Waals surface area contributed by atoms with Crippen LogP contribution >= 0.6 is 0 Å². The van der Waals surface area contributed by atoms with Gasteiger partial charge in [0.2, 0.25) is 10.0 Å². The molecule has 2 saturated heterocycles. The Morgan fingerprint density at radius 2 is 2.27 bits per heavy atom. The minimum absolute atomic E-state index is 0.000378. The van der Waals surface area contributed by atoms with Crippen molar-refractivity contribution in [3.05, 3.63) is 24.5 Å². The van der Waals surface area contributed by atoms with Crippen molar-refractivity contribution < 1.29 is 17.9 Å². The number of hydrogen-bond donors (Lipinski definition) is 0. The third-order valence-electron chi connectivity index (χ3n) is 4.38. The molecule has 3 atom stereocenters. The van der Waals surface area contributed by atoms with Crippen LogP contribution in [0.25, 0.3) is 0 Å². The summed E-state index contributed by atoms with van der Waals surface area (Å²) in [6, 6.07) is 3.70. The predicted molar refractivity (Wildman–Crippen MR) is 82.2 cm³/mol. The zero-order valence-electron chi connectivity index (χ0n) is 12.7. The summed E-state index contributed by atoms with van der Waals surface area (Å²) in [6.07, 6.45) is 5.82. The van der Waals surface area contributed by atoms with Gasteiger partial charge < -0.3 is 9.47 Å². The van der Waals surface area contributed by atoms with Crippen LogP contribution in [0, 0.1) is 0 Å². The lowest BCUT2D eigenvalue weighted by atomic mass is 10.0. The second-order valence-corrected chi connectivity index (χ2v) is 7.95. The maximum atomic E-state index is 12.1. The third-order valence-corrected chi connectivity index (χ3v) is 6.27. The van der Waals surface area contributed by atoms with E-state index < -0.39 is 10.0 Å². The largest absolute Gasteiger partial charge is 0.489 e. The second kappa shape index (κ2) is 6.52. The number of ether oxygens (including phenoxy) is 2. The van der Waals surface area contributed by atoms with Crippen molar-refractivity contribution in [1.29, 1.82) is 0 Å². The summed E-state index contributed by atoms with van der Waals surface area (Å²) in [7, 11) is -3.13. The molecule has 1 aromatic heterocycles. The van der Waals surface area contributed by atoms with E-state index in [4.69, 9.17) is 9.47 Å². The molecular formula is C15H22N2O4S. The number of sulfonamides is 1. The van der Waals surface area contributed by atoms with Crippen molar-refractivity contribution in [1.82, 2.24) is 9.29 Å². The van der Waals surface area contributed by atoms with Crippen LogP contribution in [0.1, 0.15) is 26.2 Å². The van der Waals surface area contributed by atoms with Gasteiger partial charge in [-0.1, -0.05) is 0 Å². The Morgan fingerprint density at radius 1 is 1.41 bits per heavy atom. The van der Waals surface area contributed by atoms with Gasteiger partial charge in [-0.3, -0.25) is 4.98 Å². The van der Waals surface area contributed by atoms with Crippen LogP contribution in [-0.2, 0) is 14.8 Å². The number of rotatable bonds is 5. The molecule has 2 aliphatic rings. The van der Waals surface area contributed by atoms with Crippen molar-refractivity contribution in [3.63, 3.8) is 0 Å². The number of hydrogen-bond acceptors (Lipinski definition) is 5. The minimum Gasteiger partial charge on any atom is -0.489 e. The Morgan fingerprint density at radius 3 is 3.00 bits per heavy atom. The second-order valence-electron chi connectivity index (χ2n) is 5.74. The molecule has 2 aliphatic heterocycles. The highest BCUT2D eigenvalue weighted by molar-refractivity contribution is 7.89. The van der Waals surface area contributed by atoms with E-state index in [1.54, 1.807) is 23.6 Å². The third kappa shape index (κ3) is 3.26. The van der Waals surface area contributed by atoms with Gasteiger partial charge in [0, 0.05) is 12.7 Å². The van der Waals surface area contributed by atoms with E-state index in [1.807, 2.05) is 12.1 Å². The smallest absolute Gasteiger partial charge is 0.214 e. The van der Waals surface area contributed by atoms with E-state index in [9.17, 15) is 8.42 Å². The lowest BCUT2D eigenvalue weighted by Crippen LogP contribution is -2.46. The lowest BCUT2D eigenvalue weighted by molar-refractivity contribution is -0.0767. The van der Waals surface area contributed by atoms with E-state index in [0.29, 0.717) is 13.2 Å². The van der Waals surface area contributed by atoms with Gasteiger partial charge in [-0.15, -0.1) is 0 Å². The first-order chi connectivity index (χ1) is 10.6. The van der Waals surface area contributed by atoms with Crippen LogP contribution in [0.4, 0.5) is 0 Å². The van der Waals surface area contributed by atoms with E-state index in [0.717, 1.165) is 25.0 Å². The minimum atomic E-state index is -3.13. The van der Waals surface area contributed by atoms with Crippen LogP contribution in [-0.4, -0.2) is 54.9 Å². The summed E-state index contributed by atoms with van der Waals surface area (Å²) in [5, 5.41) is 0. The lowest BCUT2D eigenvalue weighted by Gasteiger charge is -2.35. The van der Waals surface area contributed by atoms with Gasteiger partial charge in [0.1, 0.15) is 12.4 Å². The summed E-state index contributed by atoms with van der Waals surface area (Å²) in [4.78, 5) is 4.01. The fraction of sp³-hybridized carbons (Fsp3) is 0.667. The number of pyridine rings is 1. The molecule has 3 rings (SSSR count). The topological polar surface area (TPSA) is 68.7 Å². The van der Waals surface area contributed by atoms with Gasteiger partial charge in [0.25, 0.3) is 0 Å². The maximum absolute atomic E-state index is 12.1. The molecule has 0 saturated carbocycles. The molecule has 0 amide bonds. The fourth-order valence-corrected chi connectivity index (χ4v) is 4.58. The van der Waals surface area contributed by atoms with Gasteiger partial charge in [-0.25, -0.2) is 8.42 Å². The van der Waals surface area contributed by atoms with Crippen LogP contribution in [0.15, 0.2) is 24.5 Å². The van der Waals surface area contributed by atoms with Crippen molar-refractivity contribution >= 4 is 10.0 Å². The van der Waals surface area contributed by atoms with Crippen molar-refractivity contribution in [2.24, 2.45) is 0 Å². The molecule has 0 spiro atoms. The Kier molecular flexibility index (Phi) is 4.65. The first kappa shape index (κ1) is 15.7. The van der Waals surface area contributed by atoms with Gasteiger partial charge in [-0.05, 0) is 38.3 Å². The fourth-order valence-electron chi connectivity index (χ4n) is 3.21. The Hall–Kier alpha value is -1.18. The standard InChI is InChI=1S/C15H22N2O4S/c1-2-22(18,19)17-9-7-15-14(17)6-5-13(21-15)11-20-12-4-3-8-16-10-12/h3-4,8,10,13-15H,2,5-7,9,11H2,1H3/t13-,14+,15+/m1/s1. The Balaban J connectivity index is 1.55. The van der Waals surface area contributed by atoms with Crippen LogP contribution in [0.3, 0.4) is 0 Å². The highest BCUT2D eigenvalue weighted by Gasteiger charge is 2.44. The number of nitrogens with zero attached hydrogens (tertiary/aromatic N) is 2. The predicted octanol–water partition coefficient (Wildman–Crippen LogP) is 1.43. The first-order valence-electron chi connectivity index (χ1n) is 7.78. The molecule has 0 unspecified atom stereocenters.